The number of halogens is 3. The smallest absolute Gasteiger partial charge is 0.236 e. The number of thiazole rings is 1. The highest BCUT2D eigenvalue weighted by Crippen LogP contribution is 2.34. The zero-order valence-electron chi connectivity index (χ0n) is 19.5. The molecule has 1 aromatic heterocycles. The van der Waals surface area contributed by atoms with Gasteiger partial charge in [-0.3, -0.25) is 0 Å². The van der Waals surface area contributed by atoms with Gasteiger partial charge in [0.1, 0.15) is 5.01 Å². The van der Waals surface area contributed by atoms with Crippen molar-refractivity contribution in [1.82, 2.24) is 4.98 Å². The summed E-state index contributed by atoms with van der Waals surface area (Å²) < 4.78 is 40.4. The Morgan fingerprint density at radius 3 is 1.49 bits per heavy atom. The van der Waals surface area contributed by atoms with Crippen LogP contribution in [0.25, 0.3) is 54.2 Å². The van der Waals surface area contributed by atoms with Gasteiger partial charge in [0, 0.05) is 5.56 Å². The fourth-order valence-electron chi connectivity index (χ4n) is 4.39. The van der Waals surface area contributed by atoms with Crippen LogP contribution in [0, 0.1) is 0 Å². The van der Waals surface area contributed by atoms with E-state index in [4.69, 9.17) is 4.98 Å². The van der Waals surface area contributed by atoms with E-state index >= 15 is 0 Å². The molecule has 37 heavy (non-hydrogen) atoms. The van der Waals surface area contributed by atoms with Crippen molar-refractivity contribution in [3.63, 3.8) is 0 Å². The van der Waals surface area contributed by atoms with E-state index in [0.29, 0.717) is 5.56 Å². The maximum atomic E-state index is 13.1. The normalized spacial score (nSPS) is 11.6. The van der Waals surface area contributed by atoms with E-state index in [-0.39, 0.29) is 0 Å². The molecule has 0 unspecified atom stereocenters. The van der Waals surface area contributed by atoms with Crippen LogP contribution in [-0.4, -0.2) is 4.98 Å². The molecule has 6 aromatic rings. The van der Waals surface area contributed by atoms with Gasteiger partial charge in [-0.05, 0) is 57.6 Å². The molecule has 0 amide bonds. The summed E-state index contributed by atoms with van der Waals surface area (Å²) in [7, 11) is 0. The van der Waals surface area contributed by atoms with Crippen molar-refractivity contribution in [3.8, 4) is 44.0 Å². The summed E-state index contributed by atoms with van der Waals surface area (Å²) in [6.45, 7) is 0. The minimum absolute atomic E-state index is 0.547. The first-order valence-electron chi connectivity index (χ1n) is 11.8. The van der Waals surface area contributed by atoms with E-state index < -0.39 is 11.7 Å². The highest BCUT2D eigenvalue weighted by molar-refractivity contribution is 7.21. The molecule has 0 aliphatic heterocycles. The molecule has 0 fully saturated rings. The lowest BCUT2D eigenvalue weighted by Crippen LogP contribution is -2.04. The predicted molar refractivity (Wildman–Crippen MR) is 146 cm³/mol. The highest BCUT2D eigenvalue weighted by Gasteiger charge is 2.30. The number of hydrogen-bond acceptors (Lipinski definition) is 2. The Bertz CT molecular complexity index is 1650. The SMILES string of the molecule is FC(F)(F)c1cccc(-c2ccc(-c3ccc(-c4ccc(-c5nc6ccccc6s5)cc4)cc3)cc2)c1. The Morgan fingerprint density at radius 2 is 0.973 bits per heavy atom. The van der Waals surface area contributed by atoms with Crippen molar-refractivity contribution in [1.29, 1.82) is 0 Å². The molecule has 0 spiro atoms. The van der Waals surface area contributed by atoms with Crippen LogP contribution in [-0.2, 0) is 6.18 Å². The lowest BCUT2D eigenvalue weighted by molar-refractivity contribution is -0.137. The monoisotopic (exact) mass is 507 g/mol. The Hall–Kier alpha value is -4.22. The van der Waals surface area contributed by atoms with E-state index in [1.165, 1.54) is 16.8 Å². The summed E-state index contributed by atoms with van der Waals surface area (Å²) in [5.74, 6) is 0. The first-order chi connectivity index (χ1) is 17.9. The third kappa shape index (κ3) is 4.78. The predicted octanol–water partition coefficient (Wildman–Crippen LogP) is 9.98. The van der Waals surface area contributed by atoms with Crippen LogP contribution in [0.1, 0.15) is 5.56 Å². The summed E-state index contributed by atoms with van der Waals surface area (Å²) in [5.41, 5.74) is 7.06. The standard InChI is InChI=1S/C32H20F3NS/c33-32(34,35)28-5-3-4-27(20-28)25-14-12-23(13-15-25)21-8-10-22(11-9-21)24-16-18-26(19-17-24)31-36-29-6-1-2-7-30(29)37-31/h1-20H. The number of alkyl halides is 3. The molecule has 0 saturated carbocycles. The minimum atomic E-state index is -4.35. The molecule has 1 nitrogen and oxygen atoms in total. The molecule has 0 bridgehead atoms. The molecule has 5 heteroatoms. The maximum absolute atomic E-state index is 13.1. The van der Waals surface area contributed by atoms with Crippen LogP contribution in [0.3, 0.4) is 0 Å². The first-order valence-corrected chi connectivity index (χ1v) is 12.6. The van der Waals surface area contributed by atoms with Crippen molar-refractivity contribution in [2.75, 3.05) is 0 Å². The topological polar surface area (TPSA) is 12.9 Å². The Labute approximate surface area is 216 Å². The van der Waals surface area contributed by atoms with Gasteiger partial charge in [-0.15, -0.1) is 11.3 Å². The van der Waals surface area contributed by atoms with Crippen molar-refractivity contribution >= 4 is 21.6 Å². The quantitative estimate of drug-likeness (QED) is 0.231. The number of aromatic nitrogens is 1. The number of benzene rings is 5. The fourth-order valence-corrected chi connectivity index (χ4v) is 5.36. The van der Waals surface area contributed by atoms with Crippen LogP contribution < -0.4 is 0 Å². The summed E-state index contributed by atoms with van der Waals surface area (Å²) in [6.07, 6.45) is -4.35. The molecule has 0 saturated heterocycles. The molecule has 1 heterocycles. The molecule has 180 valence electrons. The Morgan fingerprint density at radius 1 is 0.486 bits per heavy atom. The molecule has 0 atom stereocenters. The lowest BCUT2D eigenvalue weighted by atomic mass is 9.97. The van der Waals surface area contributed by atoms with Crippen molar-refractivity contribution in [2.45, 2.75) is 6.18 Å². The zero-order valence-corrected chi connectivity index (χ0v) is 20.4. The molecule has 0 aliphatic carbocycles. The molecule has 0 aliphatic rings. The number of nitrogens with zero attached hydrogens (tertiary/aromatic N) is 1. The van der Waals surface area contributed by atoms with Gasteiger partial charge in [0.15, 0.2) is 0 Å². The van der Waals surface area contributed by atoms with Gasteiger partial charge < -0.3 is 0 Å². The summed E-state index contributed by atoms with van der Waals surface area (Å²) >= 11 is 1.69. The summed E-state index contributed by atoms with van der Waals surface area (Å²) in [5, 5.41) is 1.01. The summed E-state index contributed by atoms with van der Waals surface area (Å²) in [4.78, 5) is 4.74. The molecule has 6 rings (SSSR count). The van der Waals surface area contributed by atoms with Crippen LogP contribution >= 0.6 is 11.3 Å². The molecule has 0 N–H and O–H groups in total. The van der Waals surface area contributed by atoms with Crippen molar-refractivity contribution in [3.05, 3.63) is 127 Å². The van der Waals surface area contributed by atoms with E-state index in [1.807, 2.05) is 42.5 Å². The Kier molecular flexibility index (Phi) is 5.85. The average Bonchev–Trinajstić information content (AvgIpc) is 3.38. The van der Waals surface area contributed by atoms with Gasteiger partial charge in [0.05, 0.1) is 15.8 Å². The minimum Gasteiger partial charge on any atom is -0.236 e. The van der Waals surface area contributed by atoms with Gasteiger partial charge in [-0.2, -0.15) is 13.2 Å². The van der Waals surface area contributed by atoms with Crippen LogP contribution in [0.5, 0.6) is 0 Å². The van der Waals surface area contributed by atoms with E-state index in [0.717, 1.165) is 50.0 Å². The van der Waals surface area contributed by atoms with Gasteiger partial charge in [0.25, 0.3) is 0 Å². The van der Waals surface area contributed by atoms with E-state index in [9.17, 15) is 13.2 Å². The largest absolute Gasteiger partial charge is 0.416 e. The van der Waals surface area contributed by atoms with E-state index in [2.05, 4.69) is 54.6 Å². The zero-order chi connectivity index (χ0) is 25.4. The Balaban J connectivity index is 1.20. The second-order valence-corrected chi connectivity index (χ2v) is 9.83. The average molecular weight is 508 g/mol. The van der Waals surface area contributed by atoms with Gasteiger partial charge in [0.2, 0.25) is 0 Å². The number of fused-ring (bicyclic) bond motifs is 1. The highest BCUT2D eigenvalue weighted by atomic mass is 32.1. The molecular weight excluding hydrogens is 487 g/mol. The van der Waals surface area contributed by atoms with Crippen LogP contribution in [0.2, 0.25) is 0 Å². The van der Waals surface area contributed by atoms with Crippen LogP contribution in [0.4, 0.5) is 13.2 Å². The molecular formula is C32H20F3NS. The lowest BCUT2D eigenvalue weighted by Gasteiger charge is -2.10. The van der Waals surface area contributed by atoms with Crippen LogP contribution in [0.15, 0.2) is 121 Å². The molecule has 0 radical (unpaired) electrons. The second-order valence-electron chi connectivity index (χ2n) is 8.80. The van der Waals surface area contributed by atoms with Gasteiger partial charge >= 0.3 is 6.18 Å². The third-order valence-electron chi connectivity index (χ3n) is 6.39. The van der Waals surface area contributed by atoms with Crippen molar-refractivity contribution < 1.29 is 13.2 Å². The van der Waals surface area contributed by atoms with E-state index in [1.54, 1.807) is 17.4 Å². The number of para-hydroxylation sites is 1. The molecule has 5 aromatic carbocycles. The third-order valence-corrected chi connectivity index (χ3v) is 7.47. The fraction of sp³-hybridized carbons (Fsp3) is 0.0312. The summed E-state index contributed by atoms with van der Waals surface area (Å²) in [6, 6.07) is 37.9. The maximum Gasteiger partial charge on any atom is 0.416 e. The van der Waals surface area contributed by atoms with Gasteiger partial charge in [-0.25, -0.2) is 4.98 Å². The second kappa shape index (κ2) is 9.34. The van der Waals surface area contributed by atoms with Crippen molar-refractivity contribution in [2.24, 2.45) is 0 Å². The van der Waals surface area contributed by atoms with Gasteiger partial charge in [-0.1, -0.05) is 97.1 Å². The number of rotatable bonds is 4. The number of hydrogen-bond donors (Lipinski definition) is 0. The first kappa shape index (κ1) is 23.2.